The van der Waals surface area contributed by atoms with Crippen LogP contribution in [0.25, 0.3) is 28.8 Å². The van der Waals surface area contributed by atoms with E-state index in [1.54, 1.807) is 57.0 Å². The van der Waals surface area contributed by atoms with E-state index in [2.05, 4.69) is 25.3 Å². The number of rotatable bonds is 12. The lowest BCUT2D eigenvalue weighted by Gasteiger charge is -2.18. The van der Waals surface area contributed by atoms with E-state index in [9.17, 15) is 14.9 Å². The lowest BCUT2D eigenvalue weighted by atomic mass is 10.1. The molecule has 1 amide bonds. The number of furan rings is 2. The summed E-state index contributed by atoms with van der Waals surface area (Å²) in [6.07, 6.45) is 2.26. The molecule has 0 saturated heterocycles. The Hall–Kier alpha value is -6.30. The Kier molecular flexibility index (Phi) is 9.94. The minimum atomic E-state index is -0.736. The zero-order valence-corrected chi connectivity index (χ0v) is 26.8. The van der Waals surface area contributed by atoms with Crippen LogP contribution in [0.15, 0.2) is 69.3 Å². The number of hydrogen-bond acceptors (Lipinski definition) is 13. The number of carbonyl (C=O) groups is 2. The standard InChI is InChI=1S/C33H34N8O7/c1-33(2,3)48-30(42)22(16-34)15-23-9-10-24(46-23)25-11-12-26(47-25)41(4)13-14-44-32(43)36-17-20-5-7-21(8-6-20)18-45-29-27-28(38-19-37-27)39-31(35)40-29/h5-12,15,19H,13-14,17-18H2,1-4H3,(H,36,43)(H3,35,37,38,39,40)/b22-15+. The molecule has 1 aromatic carbocycles. The average Bonchev–Trinajstić information content (AvgIpc) is 3.82. The number of carbonyl (C=O) groups excluding carboxylic acids is 2. The Morgan fingerprint density at radius 3 is 2.54 bits per heavy atom. The van der Waals surface area contributed by atoms with Gasteiger partial charge in [0.2, 0.25) is 11.8 Å². The van der Waals surface area contributed by atoms with Crippen LogP contribution in [0, 0.1) is 11.3 Å². The molecule has 4 aromatic heterocycles. The first-order valence-electron chi connectivity index (χ1n) is 14.8. The van der Waals surface area contributed by atoms with Crippen molar-refractivity contribution in [2.75, 3.05) is 30.8 Å². The number of esters is 1. The van der Waals surface area contributed by atoms with E-state index < -0.39 is 17.7 Å². The van der Waals surface area contributed by atoms with E-state index in [0.717, 1.165) is 11.1 Å². The fraction of sp³-hybridized carbons (Fsp3) is 0.273. The van der Waals surface area contributed by atoms with Crippen molar-refractivity contribution in [3.63, 3.8) is 0 Å². The van der Waals surface area contributed by atoms with Crippen molar-refractivity contribution < 1.29 is 32.6 Å². The van der Waals surface area contributed by atoms with Crippen molar-refractivity contribution in [1.82, 2.24) is 25.3 Å². The summed E-state index contributed by atoms with van der Waals surface area (Å²) in [5.41, 5.74) is 7.58. The average molecular weight is 655 g/mol. The number of ether oxygens (including phenoxy) is 3. The fourth-order valence-electron chi connectivity index (χ4n) is 4.28. The molecule has 0 bridgehead atoms. The molecule has 5 aromatic rings. The van der Waals surface area contributed by atoms with Crippen molar-refractivity contribution >= 4 is 41.1 Å². The smallest absolute Gasteiger partial charge is 0.407 e. The predicted molar refractivity (Wildman–Crippen MR) is 174 cm³/mol. The largest absolute Gasteiger partial charge is 0.471 e. The number of aromatic amines is 1. The summed E-state index contributed by atoms with van der Waals surface area (Å²) in [5.74, 6) is 1.32. The summed E-state index contributed by atoms with van der Waals surface area (Å²) < 4.78 is 28.0. The van der Waals surface area contributed by atoms with E-state index in [4.69, 9.17) is 28.8 Å². The Morgan fingerprint density at radius 1 is 1.06 bits per heavy atom. The molecule has 248 valence electrons. The molecule has 0 saturated carbocycles. The van der Waals surface area contributed by atoms with Crippen LogP contribution >= 0.6 is 0 Å². The number of alkyl carbamates (subject to hydrolysis) is 1. The molecule has 48 heavy (non-hydrogen) atoms. The van der Waals surface area contributed by atoms with Crippen LogP contribution in [-0.4, -0.2) is 57.8 Å². The molecule has 4 heterocycles. The molecule has 0 unspecified atom stereocenters. The summed E-state index contributed by atoms with van der Waals surface area (Å²) >= 11 is 0. The van der Waals surface area contributed by atoms with Crippen molar-refractivity contribution in [3.05, 3.63) is 77.3 Å². The molecule has 5 rings (SSSR count). The SMILES string of the molecule is CN(CCOC(=O)NCc1ccc(COc2nc(N)nc3nc[nH]c23)cc1)c1ccc(-c2ccc(/C=C(\C#N)C(=O)OC(C)(C)C)o2)o1. The summed E-state index contributed by atoms with van der Waals surface area (Å²) in [4.78, 5) is 41.5. The van der Waals surface area contributed by atoms with E-state index >= 15 is 0 Å². The first-order chi connectivity index (χ1) is 23.0. The maximum atomic E-state index is 12.3. The fourth-order valence-corrected chi connectivity index (χ4v) is 4.28. The highest BCUT2D eigenvalue weighted by atomic mass is 16.6. The molecule has 0 radical (unpaired) electrons. The van der Waals surface area contributed by atoms with Crippen molar-refractivity contribution in [3.8, 4) is 23.5 Å². The number of nitriles is 1. The molecule has 15 nitrogen and oxygen atoms in total. The Labute approximate surface area is 275 Å². The molecule has 0 aliphatic carbocycles. The van der Waals surface area contributed by atoms with E-state index in [0.29, 0.717) is 46.8 Å². The van der Waals surface area contributed by atoms with Crippen LogP contribution in [-0.2, 0) is 27.4 Å². The molecular weight excluding hydrogens is 620 g/mol. The zero-order valence-electron chi connectivity index (χ0n) is 26.8. The van der Waals surface area contributed by atoms with Crippen molar-refractivity contribution in [1.29, 1.82) is 5.26 Å². The number of anilines is 2. The van der Waals surface area contributed by atoms with Crippen LogP contribution in [0.5, 0.6) is 5.88 Å². The van der Waals surface area contributed by atoms with Gasteiger partial charge < -0.3 is 44.0 Å². The van der Waals surface area contributed by atoms with Crippen LogP contribution in [0.2, 0.25) is 0 Å². The monoisotopic (exact) mass is 654 g/mol. The highest BCUT2D eigenvalue weighted by Crippen LogP contribution is 2.29. The second-order valence-electron chi connectivity index (χ2n) is 11.5. The third-order valence-corrected chi connectivity index (χ3v) is 6.63. The predicted octanol–water partition coefficient (Wildman–Crippen LogP) is 4.98. The van der Waals surface area contributed by atoms with E-state index in [1.807, 2.05) is 30.3 Å². The molecule has 0 atom stereocenters. The lowest BCUT2D eigenvalue weighted by molar-refractivity contribution is -0.149. The van der Waals surface area contributed by atoms with Gasteiger partial charge in [-0.1, -0.05) is 24.3 Å². The van der Waals surface area contributed by atoms with E-state index in [1.165, 1.54) is 12.4 Å². The number of fused-ring (bicyclic) bond motifs is 1. The van der Waals surface area contributed by atoms with Gasteiger partial charge in [-0.3, -0.25) is 0 Å². The molecule has 15 heteroatoms. The zero-order chi connectivity index (χ0) is 34.3. The molecule has 0 spiro atoms. The Balaban J connectivity index is 1.04. The van der Waals surface area contributed by atoms with E-state index in [-0.39, 0.29) is 31.3 Å². The number of likely N-dealkylation sites (N-methyl/N-ethyl adjacent to an activating group) is 1. The Morgan fingerprint density at radius 2 is 1.79 bits per heavy atom. The van der Waals surface area contributed by atoms with Gasteiger partial charge in [0, 0.05) is 25.7 Å². The molecular formula is C33H34N8O7. The first-order valence-corrected chi connectivity index (χ1v) is 14.8. The van der Waals surface area contributed by atoms with Gasteiger partial charge in [0.05, 0.1) is 12.9 Å². The summed E-state index contributed by atoms with van der Waals surface area (Å²) in [6, 6.07) is 16.1. The number of nitrogens with zero attached hydrogens (tertiary/aromatic N) is 5. The van der Waals surface area contributed by atoms with Gasteiger partial charge in [0.1, 0.15) is 41.7 Å². The number of H-pyrrole nitrogens is 1. The summed E-state index contributed by atoms with van der Waals surface area (Å²) in [7, 11) is 1.79. The third kappa shape index (κ3) is 8.69. The number of nitrogens with two attached hydrogens (primary N) is 1. The highest BCUT2D eigenvalue weighted by Gasteiger charge is 2.21. The van der Waals surface area contributed by atoms with Crippen molar-refractivity contribution in [2.24, 2.45) is 0 Å². The number of aromatic nitrogens is 4. The van der Waals surface area contributed by atoms with Crippen LogP contribution in [0.4, 0.5) is 16.6 Å². The maximum Gasteiger partial charge on any atom is 0.407 e. The van der Waals surface area contributed by atoms with Gasteiger partial charge in [-0.05, 0) is 50.1 Å². The highest BCUT2D eigenvalue weighted by molar-refractivity contribution is 5.97. The minimum Gasteiger partial charge on any atom is -0.471 e. The second-order valence-corrected chi connectivity index (χ2v) is 11.5. The van der Waals surface area contributed by atoms with Gasteiger partial charge in [0.25, 0.3) is 0 Å². The summed E-state index contributed by atoms with van der Waals surface area (Å²) in [5, 5.41) is 12.1. The number of nitrogens with one attached hydrogen (secondary N) is 2. The van der Waals surface area contributed by atoms with Crippen LogP contribution < -0.4 is 20.7 Å². The number of imidazole rings is 1. The lowest BCUT2D eigenvalue weighted by Crippen LogP contribution is -2.28. The van der Waals surface area contributed by atoms with Gasteiger partial charge in [-0.2, -0.15) is 15.2 Å². The third-order valence-electron chi connectivity index (χ3n) is 6.63. The van der Waals surface area contributed by atoms with Crippen LogP contribution in [0.1, 0.15) is 37.7 Å². The first kappa shape index (κ1) is 33.1. The van der Waals surface area contributed by atoms with Gasteiger partial charge in [-0.25, -0.2) is 14.6 Å². The maximum absolute atomic E-state index is 12.3. The van der Waals surface area contributed by atoms with Crippen LogP contribution in [0.3, 0.4) is 0 Å². The molecule has 4 N–H and O–H groups in total. The second kappa shape index (κ2) is 14.4. The number of amides is 1. The summed E-state index contributed by atoms with van der Waals surface area (Å²) in [6.45, 7) is 6.17. The number of nitrogen functional groups attached to an aromatic ring is 1. The van der Waals surface area contributed by atoms with Gasteiger partial charge in [0.15, 0.2) is 23.1 Å². The minimum absolute atomic E-state index is 0.0733. The normalized spacial score (nSPS) is 11.6. The molecule has 0 aliphatic rings. The van der Waals surface area contributed by atoms with Gasteiger partial charge in [-0.15, -0.1) is 0 Å². The Bertz CT molecular complexity index is 1960. The van der Waals surface area contributed by atoms with Crippen molar-refractivity contribution in [2.45, 2.75) is 39.5 Å². The number of benzene rings is 1. The number of hydrogen-bond donors (Lipinski definition) is 3. The molecule has 0 aliphatic heterocycles. The topological polar surface area (TPSA) is 208 Å². The van der Waals surface area contributed by atoms with Gasteiger partial charge >= 0.3 is 12.1 Å². The molecule has 0 fully saturated rings. The quantitative estimate of drug-likeness (QED) is 0.0922.